The third-order valence-electron chi connectivity index (χ3n) is 3.05. The van der Waals surface area contributed by atoms with Gasteiger partial charge in [-0.3, -0.25) is 0 Å². The topological polar surface area (TPSA) is 37.4 Å². The van der Waals surface area contributed by atoms with E-state index < -0.39 is 10.0 Å². The number of aryl methyl sites for hydroxylation is 1. The molecule has 0 bridgehead atoms. The quantitative estimate of drug-likeness (QED) is 0.842. The number of hydrogen-bond acceptors (Lipinski definition) is 2. The molecule has 20 heavy (non-hydrogen) atoms. The Kier molecular flexibility index (Phi) is 4.62. The van der Waals surface area contributed by atoms with Gasteiger partial charge in [0.2, 0.25) is 10.0 Å². The third kappa shape index (κ3) is 3.48. The van der Waals surface area contributed by atoms with Gasteiger partial charge >= 0.3 is 0 Å². The Morgan fingerprint density at radius 2 is 1.55 bits per heavy atom. The van der Waals surface area contributed by atoms with Gasteiger partial charge in [-0.1, -0.05) is 45.8 Å². The first-order valence-electron chi connectivity index (χ1n) is 6.17. The minimum absolute atomic E-state index is 0.301. The summed E-state index contributed by atoms with van der Waals surface area (Å²) in [7, 11) is -1.86. The summed E-state index contributed by atoms with van der Waals surface area (Å²) in [6.07, 6.45) is 0. The molecule has 0 N–H and O–H groups in total. The maximum absolute atomic E-state index is 12.4. The predicted molar refractivity (Wildman–Crippen MR) is 84.0 cm³/mol. The molecule has 106 valence electrons. The summed E-state index contributed by atoms with van der Waals surface area (Å²) in [6, 6.07) is 14.5. The Balaban J connectivity index is 2.21. The molecule has 0 aromatic heterocycles. The van der Waals surface area contributed by atoms with Crippen molar-refractivity contribution in [1.82, 2.24) is 4.31 Å². The summed E-state index contributed by atoms with van der Waals surface area (Å²) in [5.41, 5.74) is 2.13. The molecule has 0 saturated heterocycles. The SMILES string of the molecule is Cc1ccc(CN(C)S(=O)(=O)c2ccc(Br)cc2)cc1. The molecule has 2 rings (SSSR count). The van der Waals surface area contributed by atoms with Crippen LogP contribution in [-0.4, -0.2) is 19.8 Å². The van der Waals surface area contributed by atoms with Crippen LogP contribution >= 0.6 is 15.9 Å². The highest BCUT2D eigenvalue weighted by atomic mass is 79.9. The number of sulfonamides is 1. The second kappa shape index (κ2) is 6.08. The maximum Gasteiger partial charge on any atom is 0.243 e. The fraction of sp³-hybridized carbons (Fsp3) is 0.200. The second-order valence-electron chi connectivity index (χ2n) is 4.70. The van der Waals surface area contributed by atoms with Gasteiger partial charge in [-0.05, 0) is 36.8 Å². The minimum atomic E-state index is -3.45. The van der Waals surface area contributed by atoms with Crippen molar-refractivity contribution in [1.29, 1.82) is 0 Å². The van der Waals surface area contributed by atoms with Crippen LogP contribution in [-0.2, 0) is 16.6 Å². The minimum Gasteiger partial charge on any atom is -0.207 e. The zero-order valence-corrected chi connectivity index (χ0v) is 13.8. The van der Waals surface area contributed by atoms with E-state index in [1.165, 1.54) is 4.31 Å². The van der Waals surface area contributed by atoms with E-state index >= 15 is 0 Å². The van der Waals surface area contributed by atoms with Gasteiger partial charge in [0, 0.05) is 18.1 Å². The summed E-state index contributed by atoms with van der Waals surface area (Å²) >= 11 is 3.30. The van der Waals surface area contributed by atoms with Crippen molar-refractivity contribution in [3.63, 3.8) is 0 Å². The van der Waals surface area contributed by atoms with Crippen molar-refractivity contribution < 1.29 is 8.42 Å². The van der Waals surface area contributed by atoms with Crippen molar-refractivity contribution in [3.05, 3.63) is 64.1 Å². The summed E-state index contributed by atoms with van der Waals surface area (Å²) in [5.74, 6) is 0. The molecule has 3 nitrogen and oxygen atoms in total. The average molecular weight is 354 g/mol. The molecule has 0 unspecified atom stereocenters. The van der Waals surface area contributed by atoms with Crippen LogP contribution in [0.5, 0.6) is 0 Å². The van der Waals surface area contributed by atoms with E-state index in [9.17, 15) is 8.42 Å². The number of hydrogen-bond donors (Lipinski definition) is 0. The first-order chi connectivity index (χ1) is 9.39. The van der Waals surface area contributed by atoms with Gasteiger partial charge in [0.05, 0.1) is 4.90 Å². The van der Waals surface area contributed by atoms with E-state index in [4.69, 9.17) is 0 Å². The Morgan fingerprint density at radius 3 is 2.10 bits per heavy atom. The lowest BCUT2D eigenvalue weighted by Gasteiger charge is -2.17. The van der Waals surface area contributed by atoms with E-state index in [1.54, 1.807) is 31.3 Å². The van der Waals surface area contributed by atoms with Crippen LogP contribution in [0.4, 0.5) is 0 Å². The number of halogens is 1. The highest BCUT2D eigenvalue weighted by molar-refractivity contribution is 9.10. The van der Waals surface area contributed by atoms with Gasteiger partial charge in [0.1, 0.15) is 0 Å². The van der Waals surface area contributed by atoms with Crippen LogP contribution in [0, 0.1) is 6.92 Å². The zero-order valence-electron chi connectivity index (χ0n) is 11.4. The van der Waals surface area contributed by atoms with Crippen LogP contribution < -0.4 is 0 Å². The third-order valence-corrected chi connectivity index (χ3v) is 5.39. The van der Waals surface area contributed by atoms with Crippen molar-refractivity contribution in [2.75, 3.05) is 7.05 Å². The Bertz CT molecular complexity index is 679. The van der Waals surface area contributed by atoms with Crippen LogP contribution in [0.1, 0.15) is 11.1 Å². The van der Waals surface area contributed by atoms with Crippen LogP contribution in [0.3, 0.4) is 0 Å². The molecular weight excluding hydrogens is 338 g/mol. The van der Waals surface area contributed by atoms with E-state index in [1.807, 2.05) is 31.2 Å². The summed E-state index contributed by atoms with van der Waals surface area (Å²) in [6.45, 7) is 2.37. The first-order valence-corrected chi connectivity index (χ1v) is 8.40. The van der Waals surface area contributed by atoms with Gasteiger partial charge in [-0.25, -0.2) is 8.42 Å². The van der Waals surface area contributed by atoms with Gasteiger partial charge < -0.3 is 0 Å². The molecular formula is C15H16BrNO2S. The summed E-state index contributed by atoms with van der Waals surface area (Å²) < 4.78 is 27.1. The molecule has 0 radical (unpaired) electrons. The standard InChI is InChI=1S/C15H16BrNO2S/c1-12-3-5-13(6-4-12)11-17(2)20(18,19)15-9-7-14(16)8-10-15/h3-10H,11H2,1-2H3. The lowest BCUT2D eigenvalue weighted by atomic mass is 10.1. The Hall–Kier alpha value is -1.17. The molecule has 0 aliphatic heterocycles. The largest absolute Gasteiger partial charge is 0.243 e. The molecule has 0 fully saturated rings. The monoisotopic (exact) mass is 353 g/mol. The zero-order chi connectivity index (χ0) is 14.8. The van der Waals surface area contributed by atoms with Crippen molar-refractivity contribution in [2.24, 2.45) is 0 Å². The van der Waals surface area contributed by atoms with Crippen molar-refractivity contribution in [3.8, 4) is 0 Å². The average Bonchev–Trinajstić information content (AvgIpc) is 2.42. The summed E-state index contributed by atoms with van der Waals surface area (Å²) in [5, 5.41) is 0. The van der Waals surface area contributed by atoms with Crippen molar-refractivity contribution in [2.45, 2.75) is 18.4 Å². The fourth-order valence-electron chi connectivity index (χ4n) is 1.82. The normalized spacial score (nSPS) is 11.8. The highest BCUT2D eigenvalue weighted by Gasteiger charge is 2.20. The Morgan fingerprint density at radius 1 is 1.00 bits per heavy atom. The van der Waals surface area contributed by atoms with E-state index in [-0.39, 0.29) is 0 Å². The first kappa shape index (κ1) is 15.2. The second-order valence-corrected chi connectivity index (χ2v) is 7.66. The molecule has 0 spiro atoms. The molecule has 0 atom stereocenters. The number of benzene rings is 2. The van der Waals surface area contributed by atoms with Crippen molar-refractivity contribution >= 4 is 26.0 Å². The summed E-state index contributed by atoms with van der Waals surface area (Å²) in [4.78, 5) is 0.301. The molecule has 0 saturated carbocycles. The van der Waals surface area contributed by atoms with Crippen LogP contribution in [0.15, 0.2) is 57.9 Å². The molecule has 0 amide bonds. The molecule has 0 aliphatic rings. The molecule has 2 aromatic rings. The molecule has 0 aliphatic carbocycles. The van der Waals surface area contributed by atoms with E-state index in [0.717, 1.165) is 15.6 Å². The Labute approximate surface area is 128 Å². The number of nitrogens with zero attached hydrogens (tertiary/aromatic N) is 1. The van der Waals surface area contributed by atoms with E-state index in [0.29, 0.717) is 11.4 Å². The molecule has 5 heteroatoms. The highest BCUT2D eigenvalue weighted by Crippen LogP contribution is 2.19. The molecule has 0 heterocycles. The predicted octanol–water partition coefficient (Wildman–Crippen LogP) is 3.58. The van der Waals surface area contributed by atoms with E-state index in [2.05, 4.69) is 15.9 Å². The van der Waals surface area contributed by atoms with Gasteiger partial charge in [0.25, 0.3) is 0 Å². The van der Waals surface area contributed by atoms with Gasteiger partial charge in [0.15, 0.2) is 0 Å². The van der Waals surface area contributed by atoms with Gasteiger partial charge in [-0.2, -0.15) is 4.31 Å². The lowest BCUT2D eigenvalue weighted by Crippen LogP contribution is -2.26. The maximum atomic E-state index is 12.4. The van der Waals surface area contributed by atoms with Crippen LogP contribution in [0.2, 0.25) is 0 Å². The lowest BCUT2D eigenvalue weighted by molar-refractivity contribution is 0.466. The fourth-order valence-corrected chi connectivity index (χ4v) is 3.25. The molecule has 2 aromatic carbocycles. The smallest absolute Gasteiger partial charge is 0.207 e. The van der Waals surface area contributed by atoms with Crippen LogP contribution in [0.25, 0.3) is 0 Å². The number of rotatable bonds is 4. The van der Waals surface area contributed by atoms with Gasteiger partial charge in [-0.15, -0.1) is 0 Å².